The summed E-state index contributed by atoms with van der Waals surface area (Å²) in [5.74, 6) is 0.306. The van der Waals surface area contributed by atoms with Gasteiger partial charge in [-0.25, -0.2) is 4.98 Å². The average Bonchev–Trinajstić information content (AvgIpc) is 3.15. The van der Waals surface area contributed by atoms with Gasteiger partial charge in [0.1, 0.15) is 12.4 Å². The molecule has 6 nitrogen and oxygen atoms in total. The van der Waals surface area contributed by atoms with Crippen LogP contribution in [0.5, 0.6) is 0 Å². The van der Waals surface area contributed by atoms with E-state index in [0.717, 1.165) is 28.7 Å². The molecule has 0 bridgehead atoms. The topological polar surface area (TPSA) is 76.0 Å². The molecule has 0 fully saturated rings. The molecule has 0 radical (unpaired) electrons. The predicted molar refractivity (Wildman–Crippen MR) is 127 cm³/mol. The van der Waals surface area contributed by atoms with Gasteiger partial charge in [0.2, 0.25) is 5.91 Å². The lowest BCUT2D eigenvalue weighted by Crippen LogP contribution is -2.26. The highest BCUT2D eigenvalue weighted by molar-refractivity contribution is 5.94. The van der Waals surface area contributed by atoms with Crippen molar-refractivity contribution in [1.29, 1.82) is 0 Å². The minimum atomic E-state index is -0.173. The van der Waals surface area contributed by atoms with Gasteiger partial charge in [-0.15, -0.1) is 0 Å². The number of aryl methyl sites for hydroxylation is 2. The number of para-hydroxylation sites is 2. The summed E-state index contributed by atoms with van der Waals surface area (Å²) in [6.07, 6.45) is 0.951. The number of carbonyl (C=O) groups is 2. The van der Waals surface area contributed by atoms with Gasteiger partial charge in [0, 0.05) is 11.3 Å². The van der Waals surface area contributed by atoms with E-state index >= 15 is 0 Å². The highest BCUT2D eigenvalue weighted by Gasteiger charge is 2.15. The Kier molecular flexibility index (Phi) is 6.31. The molecule has 6 heteroatoms. The number of nitrogens with one attached hydrogen (secondary N) is 2. The van der Waals surface area contributed by atoms with Gasteiger partial charge in [0.25, 0.3) is 5.91 Å². The number of imidazole rings is 1. The zero-order chi connectivity index (χ0) is 22.5. The van der Waals surface area contributed by atoms with E-state index in [4.69, 9.17) is 0 Å². The Bertz CT molecular complexity index is 1260. The third-order valence-corrected chi connectivity index (χ3v) is 5.37. The number of fused-ring (bicyclic) bond motifs is 1. The van der Waals surface area contributed by atoms with Gasteiger partial charge < -0.3 is 15.2 Å². The quantitative estimate of drug-likeness (QED) is 0.458. The molecule has 0 saturated heterocycles. The second kappa shape index (κ2) is 9.47. The zero-order valence-corrected chi connectivity index (χ0v) is 18.3. The number of nitrogens with zero attached hydrogens (tertiary/aromatic N) is 2. The number of benzene rings is 3. The van der Waals surface area contributed by atoms with Crippen molar-refractivity contribution >= 4 is 28.5 Å². The standard InChI is InChI=1S/C26H26N4O2/c1-3-19-11-13-21(14-12-19)28-25(31)17-30-23-10-5-4-9-22(23)29-24(30)16-27-26(32)20-8-6-7-18(2)15-20/h4-15H,3,16-17H2,1-2H3,(H,27,32)(H,28,31). The molecule has 0 saturated carbocycles. The number of amides is 2. The van der Waals surface area contributed by atoms with Crippen molar-refractivity contribution in [2.75, 3.05) is 5.32 Å². The van der Waals surface area contributed by atoms with E-state index < -0.39 is 0 Å². The van der Waals surface area contributed by atoms with Crippen LogP contribution in [0.1, 0.15) is 34.2 Å². The van der Waals surface area contributed by atoms with Crippen LogP contribution in [0.2, 0.25) is 0 Å². The first kappa shape index (κ1) is 21.3. The number of hydrogen-bond donors (Lipinski definition) is 2. The molecule has 2 amide bonds. The number of anilines is 1. The molecular formula is C26H26N4O2. The summed E-state index contributed by atoms with van der Waals surface area (Å²) < 4.78 is 1.85. The van der Waals surface area contributed by atoms with Crippen LogP contribution in [-0.2, 0) is 24.3 Å². The number of aromatic nitrogens is 2. The SMILES string of the molecule is CCc1ccc(NC(=O)Cn2c(CNC(=O)c3cccc(C)c3)nc3ccccc32)cc1. The van der Waals surface area contributed by atoms with Gasteiger partial charge in [-0.3, -0.25) is 9.59 Å². The molecule has 0 aliphatic carbocycles. The van der Waals surface area contributed by atoms with E-state index in [-0.39, 0.29) is 24.9 Å². The molecule has 0 spiro atoms. The summed E-state index contributed by atoms with van der Waals surface area (Å²) in [6.45, 7) is 4.37. The average molecular weight is 427 g/mol. The summed E-state index contributed by atoms with van der Waals surface area (Å²) in [7, 11) is 0. The number of rotatable bonds is 7. The van der Waals surface area contributed by atoms with Crippen molar-refractivity contribution in [1.82, 2.24) is 14.9 Å². The van der Waals surface area contributed by atoms with E-state index in [1.54, 1.807) is 6.07 Å². The number of carbonyl (C=O) groups excluding carboxylic acids is 2. The first-order valence-electron chi connectivity index (χ1n) is 10.7. The van der Waals surface area contributed by atoms with Crippen molar-refractivity contribution in [2.45, 2.75) is 33.4 Å². The highest BCUT2D eigenvalue weighted by atomic mass is 16.2. The summed E-state index contributed by atoms with van der Waals surface area (Å²) in [5.41, 5.74) is 5.23. The predicted octanol–water partition coefficient (Wildman–Crippen LogP) is 4.48. The van der Waals surface area contributed by atoms with Gasteiger partial charge in [-0.05, 0) is 55.3 Å². The fourth-order valence-electron chi connectivity index (χ4n) is 3.65. The van der Waals surface area contributed by atoms with Crippen molar-refractivity contribution < 1.29 is 9.59 Å². The molecule has 4 aromatic rings. The molecule has 2 N–H and O–H groups in total. The lowest BCUT2D eigenvalue weighted by molar-refractivity contribution is -0.116. The van der Waals surface area contributed by atoms with Crippen LogP contribution in [-0.4, -0.2) is 21.4 Å². The first-order chi connectivity index (χ1) is 15.5. The second-order valence-corrected chi connectivity index (χ2v) is 7.75. The number of hydrogen-bond acceptors (Lipinski definition) is 3. The summed E-state index contributed by atoms with van der Waals surface area (Å²) in [4.78, 5) is 30.0. The fourth-order valence-corrected chi connectivity index (χ4v) is 3.65. The minimum absolute atomic E-state index is 0.103. The molecule has 0 unspecified atom stereocenters. The smallest absolute Gasteiger partial charge is 0.251 e. The van der Waals surface area contributed by atoms with Crippen LogP contribution < -0.4 is 10.6 Å². The zero-order valence-electron chi connectivity index (χ0n) is 18.3. The molecule has 0 aliphatic heterocycles. The Morgan fingerprint density at radius 3 is 2.50 bits per heavy atom. The van der Waals surface area contributed by atoms with E-state index in [0.29, 0.717) is 11.4 Å². The van der Waals surface area contributed by atoms with Gasteiger partial charge in [-0.2, -0.15) is 0 Å². The Morgan fingerprint density at radius 2 is 1.75 bits per heavy atom. The molecule has 0 atom stereocenters. The van der Waals surface area contributed by atoms with Gasteiger partial charge in [-0.1, -0.05) is 48.9 Å². The van der Waals surface area contributed by atoms with Crippen LogP contribution in [0.25, 0.3) is 11.0 Å². The van der Waals surface area contributed by atoms with Crippen LogP contribution in [0, 0.1) is 6.92 Å². The van der Waals surface area contributed by atoms with E-state index in [1.807, 2.05) is 78.2 Å². The van der Waals surface area contributed by atoms with E-state index in [1.165, 1.54) is 5.56 Å². The van der Waals surface area contributed by atoms with Gasteiger partial charge >= 0.3 is 0 Å². The monoisotopic (exact) mass is 426 g/mol. The highest BCUT2D eigenvalue weighted by Crippen LogP contribution is 2.17. The summed E-state index contributed by atoms with van der Waals surface area (Å²) in [5, 5.41) is 5.87. The lowest BCUT2D eigenvalue weighted by atomic mass is 10.1. The fraction of sp³-hybridized carbons (Fsp3) is 0.192. The molecular weight excluding hydrogens is 400 g/mol. The molecule has 162 valence electrons. The molecule has 3 aromatic carbocycles. The van der Waals surface area contributed by atoms with E-state index in [9.17, 15) is 9.59 Å². The molecule has 1 heterocycles. The Labute approximate surface area is 187 Å². The Balaban J connectivity index is 1.51. The first-order valence-corrected chi connectivity index (χ1v) is 10.7. The van der Waals surface area contributed by atoms with Crippen LogP contribution >= 0.6 is 0 Å². The Hall–Kier alpha value is -3.93. The molecule has 4 rings (SSSR count). The van der Waals surface area contributed by atoms with Crippen LogP contribution in [0.15, 0.2) is 72.8 Å². The third-order valence-electron chi connectivity index (χ3n) is 5.37. The van der Waals surface area contributed by atoms with Crippen molar-refractivity contribution in [3.8, 4) is 0 Å². The third kappa shape index (κ3) is 4.86. The maximum absolute atomic E-state index is 12.8. The normalized spacial score (nSPS) is 10.8. The van der Waals surface area contributed by atoms with Gasteiger partial charge in [0.15, 0.2) is 0 Å². The maximum atomic E-state index is 12.8. The molecule has 32 heavy (non-hydrogen) atoms. The van der Waals surface area contributed by atoms with Crippen molar-refractivity contribution in [3.63, 3.8) is 0 Å². The molecule has 1 aromatic heterocycles. The van der Waals surface area contributed by atoms with E-state index in [2.05, 4.69) is 22.5 Å². The minimum Gasteiger partial charge on any atom is -0.345 e. The molecule has 0 aliphatic rings. The van der Waals surface area contributed by atoms with Crippen LogP contribution in [0.3, 0.4) is 0 Å². The summed E-state index contributed by atoms with van der Waals surface area (Å²) in [6, 6.07) is 22.9. The van der Waals surface area contributed by atoms with Crippen molar-refractivity contribution in [3.05, 3.63) is 95.3 Å². The Morgan fingerprint density at radius 1 is 0.969 bits per heavy atom. The van der Waals surface area contributed by atoms with Crippen molar-refractivity contribution in [2.24, 2.45) is 0 Å². The lowest BCUT2D eigenvalue weighted by Gasteiger charge is -2.11. The second-order valence-electron chi connectivity index (χ2n) is 7.75. The summed E-state index contributed by atoms with van der Waals surface area (Å²) >= 11 is 0. The largest absolute Gasteiger partial charge is 0.345 e. The van der Waals surface area contributed by atoms with Gasteiger partial charge in [0.05, 0.1) is 17.6 Å². The maximum Gasteiger partial charge on any atom is 0.251 e. The van der Waals surface area contributed by atoms with Crippen LogP contribution in [0.4, 0.5) is 5.69 Å².